The van der Waals surface area contributed by atoms with Gasteiger partial charge in [-0.05, 0) is 26.3 Å². The molecule has 1 aliphatic heterocycles. The maximum atomic E-state index is 5.45. The lowest BCUT2D eigenvalue weighted by molar-refractivity contribution is 0.320. The largest absolute Gasteiger partial charge is 0.351 e. The predicted molar refractivity (Wildman–Crippen MR) is 72.4 cm³/mol. The normalized spacial score (nSPS) is 19.7. The number of hydrogen-bond acceptors (Lipinski definition) is 1. The summed E-state index contributed by atoms with van der Waals surface area (Å²) < 4.78 is 0. The molecule has 0 radical (unpaired) electrons. The first-order valence-electron chi connectivity index (χ1n) is 5.63. The lowest BCUT2D eigenvalue weighted by Gasteiger charge is -2.45. The molecule has 84 valence electrons. The van der Waals surface area contributed by atoms with E-state index in [4.69, 9.17) is 12.2 Å². The highest BCUT2D eigenvalue weighted by Crippen LogP contribution is 2.31. The molecule has 1 heterocycles. The van der Waals surface area contributed by atoms with Gasteiger partial charge in [-0.25, -0.2) is 0 Å². The van der Waals surface area contributed by atoms with Crippen LogP contribution in [0.2, 0.25) is 0 Å². The summed E-state index contributed by atoms with van der Waals surface area (Å²) in [6, 6.07) is 11.0. The topological polar surface area (TPSA) is 3.24 Å². The van der Waals surface area contributed by atoms with Crippen LogP contribution in [0, 0.1) is 0 Å². The molecule has 2 heteroatoms. The number of allylic oxidation sites excluding steroid dienone is 1. The number of thiocarbonyl (C=S) groups is 1. The van der Waals surface area contributed by atoms with Gasteiger partial charge in [-0.15, -0.1) is 0 Å². The molecule has 1 saturated heterocycles. The average molecular weight is 231 g/mol. The Morgan fingerprint density at radius 3 is 2.38 bits per heavy atom. The third kappa shape index (κ3) is 1.90. The van der Waals surface area contributed by atoms with Crippen LogP contribution in [-0.2, 0) is 6.54 Å². The van der Waals surface area contributed by atoms with Crippen LogP contribution in [0.5, 0.6) is 0 Å². The van der Waals surface area contributed by atoms with Crippen molar-refractivity contribution in [1.82, 2.24) is 4.90 Å². The summed E-state index contributed by atoms with van der Waals surface area (Å²) in [6.45, 7) is 7.43. The van der Waals surface area contributed by atoms with Crippen molar-refractivity contribution in [2.45, 2.75) is 33.4 Å². The molecule has 0 aromatic heterocycles. The second-order valence-corrected chi connectivity index (χ2v) is 4.89. The van der Waals surface area contributed by atoms with Gasteiger partial charge in [0.2, 0.25) is 0 Å². The van der Waals surface area contributed by atoms with E-state index in [9.17, 15) is 0 Å². The molecule has 0 N–H and O–H groups in total. The zero-order valence-electron chi connectivity index (χ0n) is 10.0. The zero-order chi connectivity index (χ0) is 11.7. The fourth-order valence-corrected chi connectivity index (χ4v) is 2.82. The second kappa shape index (κ2) is 4.38. The molecule has 1 aliphatic rings. The maximum Gasteiger partial charge on any atom is 0.107 e. The molecule has 1 fully saturated rings. The smallest absolute Gasteiger partial charge is 0.107 e. The molecule has 0 aliphatic carbocycles. The fraction of sp³-hybridized carbons (Fsp3) is 0.357. The van der Waals surface area contributed by atoms with E-state index >= 15 is 0 Å². The molecule has 0 saturated carbocycles. The summed E-state index contributed by atoms with van der Waals surface area (Å²) in [6.07, 6.45) is 0. The zero-order valence-corrected chi connectivity index (χ0v) is 10.8. The van der Waals surface area contributed by atoms with E-state index in [1.165, 1.54) is 16.7 Å². The molecule has 0 spiro atoms. The van der Waals surface area contributed by atoms with E-state index in [1.807, 2.05) is 6.07 Å². The first kappa shape index (κ1) is 11.3. The Hall–Kier alpha value is -1.15. The van der Waals surface area contributed by atoms with E-state index in [-0.39, 0.29) is 0 Å². The van der Waals surface area contributed by atoms with Crippen LogP contribution < -0.4 is 0 Å². The number of rotatable bonds is 2. The standard InChI is InChI=1S/C14H17NS/c1-10(2)13-11(3)15(14(13)16)9-12-7-5-4-6-8-12/h4-8,11H,9H2,1-3H3. The van der Waals surface area contributed by atoms with Crippen LogP contribution in [0.4, 0.5) is 0 Å². The highest BCUT2D eigenvalue weighted by molar-refractivity contribution is 7.80. The van der Waals surface area contributed by atoms with Gasteiger partial charge in [0.1, 0.15) is 4.99 Å². The Morgan fingerprint density at radius 1 is 1.25 bits per heavy atom. The van der Waals surface area contributed by atoms with Crippen molar-refractivity contribution in [2.24, 2.45) is 0 Å². The summed E-state index contributed by atoms with van der Waals surface area (Å²) in [5, 5.41) is 0. The first-order valence-corrected chi connectivity index (χ1v) is 6.04. The summed E-state index contributed by atoms with van der Waals surface area (Å²) in [5.41, 5.74) is 4.03. The van der Waals surface area contributed by atoms with E-state index in [0.717, 1.165) is 11.5 Å². The Labute approximate surface area is 103 Å². The van der Waals surface area contributed by atoms with Crippen molar-refractivity contribution in [3.8, 4) is 0 Å². The SMILES string of the molecule is CC(C)=C1C(=S)N(Cc2ccccc2)C1C. The summed E-state index contributed by atoms with van der Waals surface area (Å²) in [4.78, 5) is 3.31. The van der Waals surface area contributed by atoms with Crippen molar-refractivity contribution >= 4 is 17.2 Å². The van der Waals surface area contributed by atoms with Crippen LogP contribution in [-0.4, -0.2) is 15.9 Å². The van der Waals surface area contributed by atoms with Crippen molar-refractivity contribution in [3.05, 3.63) is 47.0 Å². The molecule has 1 aromatic rings. The van der Waals surface area contributed by atoms with Crippen LogP contribution in [0.25, 0.3) is 0 Å². The Balaban J connectivity index is 2.11. The summed E-state index contributed by atoms with van der Waals surface area (Å²) in [5.74, 6) is 0. The maximum absolute atomic E-state index is 5.45. The van der Waals surface area contributed by atoms with Crippen LogP contribution in [0.15, 0.2) is 41.5 Å². The van der Waals surface area contributed by atoms with Crippen molar-refractivity contribution in [3.63, 3.8) is 0 Å². The molecule has 1 aromatic carbocycles. The van der Waals surface area contributed by atoms with Gasteiger partial charge in [0, 0.05) is 12.1 Å². The van der Waals surface area contributed by atoms with E-state index < -0.39 is 0 Å². The molecule has 0 bridgehead atoms. The third-order valence-corrected chi connectivity index (χ3v) is 3.57. The molecular formula is C14H17NS. The fourth-order valence-electron chi connectivity index (χ4n) is 2.22. The lowest BCUT2D eigenvalue weighted by Crippen LogP contribution is -2.52. The first-order chi connectivity index (χ1) is 7.61. The molecule has 0 amide bonds. The van der Waals surface area contributed by atoms with Gasteiger partial charge in [0.15, 0.2) is 0 Å². The van der Waals surface area contributed by atoms with Crippen LogP contribution in [0.1, 0.15) is 26.3 Å². The summed E-state index contributed by atoms with van der Waals surface area (Å²) >= 11 is 5.45. The highest BCUT2D eigenvalue weighted by atomic mass is 32.1. The van der Waals surface area contributed by atoms with Gasteiger partial charge in [-0.2, -0.15) is 0 Å². The molecular weight excluding hydrogens is 214 g/mol. The number of hydrogen-bond donors (Lipinski definition) is 0. The van der Waals surface area contributed by atoms with E-state index in [0.29, 0.717) is 6.04 Å². The third-order valence-electron chi connectivity index (χ3n) is 3.11. The number of likely N-dealkylation sites (tertiary alicyclic amines) is 1. The Bertz CT molecular complexity index is 429. The molecule has 1 atom stereocenters. The minimum absolute atomic E-state index is 0.470. The monoisotopic (exact) mass is 231 g/mol. The minimum atomic E-state index is 0.470. The minimum Gasteiger partial charge on any atom is -0.351 e. The van der Waals surface area contributed by atoms with Gasteiger partial charge < -0.3 is 4.90 Å². The Kier molecular flexibility index (Phi) is 3.10. The van der Waals surface area contributed by atoms with Crippen molar-refractivity contribution in [2.75, 3.05) is 0 Å². The van der Waals surface area contributed by atoms with Crippen LogP contribution in [0.3, 0.4) is 0 Å². The number of benzene rings is 1. The molecule has 16 heavy (non-hydrogen) atoms. The van der Waals surface area contributed by atoms with E-state index in [1.54, 1.807) is 0 Å². The molecule has 1 unspecified atom stereocenters. The van der Waals surface area contributed by atoms with Crippen molar-refractivity contribution < 1.29 is 0 Å². The van der Waals surface area contributed by atoms with E-state index in [2.05, 4.69) is 49.9 Å². The average Bonchev–Trinajstić information content (AvgIpc) is 2.27. The van der Waals surface area contributed by atoms with Crippen molar-refractivity contribution in [1.29, 1.82) is 0 Å². The number of nitrogens with zero attached hydrogens (tertiary/aromatic N) is 1. The summed E-state index contributed by atoms with van der Waals surface area (Å²) in [7, 11) is 0. The highest BCUT2D eigenvalue weighted by Gasteiger charge is 2.35. The molecule has 2 rings (SSSR count). The Morgan fingerprint density at radius 2 is 1.88 bits per heavy atom. The molecule has 1 nitrogen and oxygen atoms in total. The lowest BCUT2D eigenvalue weighted by atomic mass is 9.92. The predicted octanol–water partition coefficient (Wildman–Crippen LogP) is 3.55. The van der Waals surface area contributed by atoms with Gasteiger partial charge in [0.25, 0.3) is 0 Å². The van der Waals surface area contributed by atoms with Gasteiger partial charge in [-0.1, -0.05) is 48.1 Å². The van der Waals surface area contributed by atoms with Gasteiger partial charge in [-0.3, -0.25) is 0 Å². The quantitative estimate of drug-likeness (QED) is 0.565. The van der Waals surface area contributed by atoms with Gasteiger partial charge in [0.05, 0.1) is 6.04 Å². The van der Waals surface area contributed by atoms with Gasteiger partial charge >= 0.3 is 0 Å². The van der Waals surface area contributed by atoms with Crippen LogP contribution >= 0.6 is 12.2 Å². The second-order valence-electron chi connectivity index (χ2n) is 4.51.